The molecule has 1 unspecified atom stereocenters. The summed E-state index contributed by atoms with van der Waals surface area (Å²) in [5, 5.41) is 10.5. The van der Waals surface area contributed by atoms with Crippen LogP contribution < -0.4 is 11.1 Å². The van der Waals surface area contributed by atoms with Gasteiger partial charge in [-0.05, 0) is 19.8 Å². The Bertz CT molecular complexity index is 392. The smallest absolute Gasteiger partial charge is 0.422 e. The van der Waals surface area contributed by atoms with E-state index in [4.69, 9.17) is 10.8 Å². The van der Waals surface area contributed by atoms with E-state index in [1.807, 2.05) is 0 Å². The lowest BCUT2D eigenvalue weighted by atomic mass is 9.73. The molecule has 0 bridgehead atoms. The van der Waals surface area contributed by atoms with Gasteiger partial charge in [-0.25, -0.2) is 4.79 Å². The predicted octanol–water partition coefficient (Wildman–Crippen LogP) is 1.42. The molecule has 0 radical (unpaired) electrons. The fraction of sp³-hybridized carbons (Fsp3) is 0.833. The predicted molar refractivity (Wildman–Crippen MR) is 64.8 cm³/mol. The van der Waals surface area contributed by atoms with E-state index in [0.717, 1.165) is 6.42 Å². The van der Waals surface area contributed by atoms with E-state index >= 15 is 0 Å². The van der Waals surface area contributed by atoms with Crippen molar-refractivity contribution in [2.24, 2.45) is 11.1 Å². The van der Waals surface area contributed by atoms with Gasteiger partial charge < -0.3 is 16.2 Å². The zero-order valence-electron chi connectivity index (χ0n) is 11.2. The fourth-order valence-electron chi connectivity index (χ4n) is 2.36. The number of rotatable bonds is 4. The second-order valence-corrected chi connectivity index (χ2v) is 5.43. The average molecular weight is 296 g/mol. The van der Waals surface area contributed by atoms with E-state index in [2.05, 4.69) is 0 Å². The van der Waals surface area contributed by atoms with Crippen LogP contribution in [0.2, 0.25) is 0 Å². The van der Waals surface area contributed by atoms with E-state index < -0.39 is 29.0 Å². The molecule has 8 heteroatoms. The number of hydrogen-bond acceptors (Lipinski definition) is 3. The summed E-state index contributed by atoms with van der Waals surface area (Å²) in [7, 11) is 0. The molecule has 0 aliphatic heterocycles. The Balaban J connectivity index is 2.99. The van der Waals surface area contributed by atoms with Gasteiger partial charge >= 0.3 is 12.1 Å². The minimum atomic E-state index is -5.08. The van der Waals surface area contributed by atoms with Gasteiger partial charge in [-0.2, -0.15) is 13.2 Å². The van der Waals surface area contributed by atoms with E-state index in [0.29, 0.717) is 32.6 Å². The maximum absolute atomic E-state index is 12.9. The first-order valence-electron chi connectivity index (χ1n) is 6.42. The largest absolute Gasteiger partial charge is 0.479 e. The van der Waals surface area contributed by atoms with Crippen molar-refractivity contribution in [3.63, 3.8) is 0 Å². The topological polar surface area (TPSA) is 92.4 Å². The van der Waals surface area contributed by atoms with Crippen LogP contribution in [0.5, 0.6) is 0 Å². The molecule has 0 saturated heterocycles. The molecule has 1 atom stereocenters. The molecular formula is C12H19F3N2O3. The lowest BCUT2D eigenvalue weighted by Crippen LogP contribution is -2.65. The lowest BCUT2D eigenvalue weighted by molar-refractivity contribution is -0.208. The van der Waals surface area contributed by atoms with Gasteiger partial charge in [0.15, 0.2) is 0 Å². The fourth-order valence-corrected chi connectivity index (χ4v) is 2.36. The molecule has 0 aromatic carbocycles. The second-order valence-electron chi connectivity index (χ2n) is 5.43. The summed E-state index contributed by atoms with van der Waals surface area (Å²) in [6.45, 7) is 0.354. The molecule has 0 aromatic heterocycles. The maximum atomic E-state index is 12.9. The third-order valence-corrected chi connectivity index (χ3v) is 4.04. The van der Waals surface area contributed by atoms with Gasteiger partial charge in [0, 0.05) is 6.54 Å². The molecule has 5 nitrogen and oxygen atoms in total. The van der Waals surface area contributed by atoms with Crippen molar-refractivity contribution in [1.29, 1.82) is 0 Å². The minimum Gasteiger partial charge on any atom is -0.479 e. The minimum absolute atomic E-state index is 0.0909. The van der Waals surface area contributed by atoms with Crippen molar-refractivity contribution in [3.8, 4) is 0 Å². The normalized spacial score (nSPS) is 21.9. The molecule has 1 fully saturated rings. The van der Waals surface area contributed by atoms with Crippen molar-refractivity contribution in [1.82, 2.24) is 5.32 Å². The van der Waals surface area contributed by atoms with E-state index in [1.54, 1.807) is 5.32 Å². The van der Waals surface area contributed by atoms with Crippen LogP contribution >= 0.6 is 0 Å². The van der Waals surface area contributed by atoms with E-state index in [-0.39, 0.29) is 6.54 Å². The van der Waals surface area contributed by atoms with Crippen molar-refractivity contribution < 1.29 is 27.9 Å². The first-order valence-corrected chi connectivity index (χ1v) is 6.42. The summed E-state index contributed by atoms with van der Waals surface area (Å²) >= 11 is 0. The van der Waals surface area contributed by atoms with Gasteiger partial charge in [0.2, 0.25) is 11.4 Å². The molecule has 0 heterocycles. The first kappa shape index (κ1) is 16.7. The number of hydrogen-bond donors (Lipinski definition) is 3. The number of aliphatic carboxylic acids is 1. The highest BCUT2D eigenvalue weighted by atomic mass is 19.4. The number of carbonyl (C=O) groups is 2. The maximum Gasteiger partial charge on any atom is 0.422 e. The molecule has 0 spiro atoms. The van der Waals surface area contributed by atoms with Crippen molar-refractivity contribution in [2.75, 3.05) is 6.54 Å². The summed E-state index contributed by atoms with van der Waals surface area (Å²) in [5.74, 6) is -3.07. The number of carbonyl (C=O) groups excluding carboxylic acids is 1. The molecule has 1 aliphatic rings. The van der Waals surface area contributed by atoms with Gasteiger partial charge in [-0.1, -0.05) is 19.3 Å². The van der Waals surface area contributed by atoms with Gasteiger partial charge in [-0.15, -0.1) is 0 Å². The summed E-state index contributed by atoms with van der Waals surface area (Å²) in [4.78, 5) is 23.1. The number of nitrogens with two attached hydrogens (primary N) is 1. The van der Waals surface area contributed by atoms with E-state index in [9.17, 15) is 22.8 Å². The molecule has 1 rings (SSSR count). The van der Waals surface area contributed by atoms with Crippen molar-refractivity contribution in [2.45, 2.75) is 50.7 Å². The molecule has 20 heavy (non-hydrogen) atoms. The number of nitrogens with one attached hydrogen (secondary N) is 1. The third kappa shape index (κ3) is 2.89. The zero-order chi connectivity index (χ0) is 15.6. The molecule has 0 aromatic rings. The molecular weight excluding hydrogens is 277 g/mol. The lowest BCUT2D eigenvalue weighted by Gasteiger charge is -2.38. The van der Waals surface area contributed by atoms with Crippen LogP contribution in [0, 0.1) is 5.41 Å². The van der Waals surface area contributed by atoms with Gasteiger partial charge in [-0.3, -0.25) is 4.79 Å². The quantitative estimate of drug-likeness (QED) is 0.731. The molecule has 1 saturated carbocycles. The van der Waals surface area contributed by atoms with Crippen LogP contribution in [-0.4, -0.2) is 35.2 Å². The van der Waals surface area contributed by atoms with Crippen LogP contribution in [0.4, 0.5) is 13.2 Å². The summed E-state index contributed by atoms with van der Waals surface area (Å²) in [6, 6.07) is 0. The van der Waals surface area contributed by atoms with E-state index in [1.165, 1.54) is 0 Å². The van der Waals surface area contributed by atoms with Crippen LogP contribution in [-0.2, 0) is 9.59 Å². The molecule has 1 aliphatic carbocycles. The zero-order valence-corrected chi connectivity index (χ0v) is 11.2. The highest BCUT2D eigenvalue weighted by Crippen LogP contribution is 2.38. The van der Waals surface area contributed by atoms with Gasteiger partial charge in [0.1, 0.15) is 0 Å². The van der Waals surface area contributed by atoms with Crippen molar-refractivity contribution in [3.05, 3.63) is 0 Å². The molecule has 4 N–H and O–H groups in total. The SMILES string of the molecule is CC(NC(=O)C1(CN)CCCCC1)(C(=O)O)C(F)(F)F. The summed E-state index contributed by atoms with van der Waals surface area (Å²) in [5.41, 5.74) is 1.15. The number of carboxylic acid groups (broad SMARTS) is 1. The Morgan fingerprint density at radius 2 is 1.75 bits per heavy atom. The summed E-state index contributed by atoms with van der Waals surface area (Å²) in [6.07, 6.45) is -2.05. The number of halogens is 3. The Kier molecular flexibility index (Phi) is 4.68. The number of carboxylic acids is 1. The van der Waals surface area contributed by atoms with Crippen molar-refractivity contribution >= 4 is 11.9 Å². The van der Waals surface area contributed by atoms with Crippen LogP contribution in [0.15, 0.2) is 0 Å². The Hall–Kier alpha value is -1.31. The second kappa shape index (κ2) is 5.59. The Morgan fingerprint density at radius 3 is 2.10 bits per heavy atom. The molecule has 116 valence electrons. The highest BCUT2D eigenvalue weighted by molar-refractivity contribution is 5.90. The molecule has 1 amide bonds. The van der Waals surface area contributed by atoms with Crippen LogP contribution in [0.25, 0.3) is 0 Å². The average Bonchev–Trinajstić information content (AvgIpc) is 2.37. The highest BCUT2D eigenvalue weighted by Gasteiger charge is 2.59. The number of amides is 1. The number of alkyl halides is 3. The van der Waals surface area contributed by atoms with Gasteiger partial charge in [0.25, 0.3) is 0 Å². The monoisotopic (exact) mass is 296 g/mol. The standard InChI is InChI=1S/C12H19F3N2O3/c1-10(9(19)20,12(13,14)15)17-8(18)11(7-16)5-3-2-4-6-11/h2-7,16H2,1H3,(H,17,18)(H,19,20). The van der Waals surface area contributed by atoms with Crippen LogP contribution in [0.3, 0.4) is 0 Å². The third-order valence-electron chi connectivity index (χ3n) is 4.04. The Morgan fingerprint density at radius 1 is 1.25 bits per heavy atom. The first-order chi connectivity index (χ1) is 9.09. The van der Waals surface area contributed by atoms with Gasteiger partial charge in [0.05, 0.1) is 5.41 Å². The Labute approximate surface area is 114 Å². The van der Waals surface area contributed by atoms with Crippen LogP contribution in [0.1, 0.15) is 39.0 Å². The summed E-state index contributed by atoms with van der Waals surface area (Å²) < 4.78 is 38.7.